The molecule has 0 fully saturated rings. The van der Waals surface area contributed by atoms with Gasteiger partial charge in [-0.05, 0) is 18.1 Å². The van der Waals surface area contributed by atoms with Crippen molar-refractivity contribution in [2.75, 3.05) is 6.61 Å². The van der Waals surface area contributed by atoms with Crippen LogP contribution < -0.4 is 24.8 Å². The first-order valence-electron chi connectivity index (χ1n) is 4.89. The third kappa shape index (κ3) is 4.95. The Bertz CT molecular complexity index is 347. The van der Waals surface area contributed by atoms with E-state index in [0.29, 0.717) is 18.4 Å². The second-order valence-electron chi connectivity index (χ2n) is 3.77. The Morgan fingerprint density at radius 3 is 2.47 bits per heavy atom. The minimum Gasteiger partial charge on any atom is -1.00 e. The van der Waals surface area contributed by atoms with Crippen molar-refractivity contribution in [3.63, 3.8) is 0 Å². The van der Waals surface area contributed by atoms with Crippen molar-refractivity contribution in [3.05, 3.63) is 30.1 Å². The van der Waals surface area contributed by atoms with Gasteiger partial charge in [0.2, 0.25) is 5.90 Å². The van der Waals surface area contributed by atoms with Crippen molar-refractivity contribution >= 4 is 5.90 Å². The molecule has 0 unspecified atom stereocenters. The molecule has 0 saturated heterocycles. The fourth-order valence-electron chi connectivity index (χ4n) is 1.36. The zero-order valence-corrected chi connectivity index (χ0v) is 13.3. The topological polar surface area (TPSA) is 34.5 Å². The molecule has 1 atom stereocenters. The maximum absolute atomic E-state index is 5.50. The summed E-state index contributed by atoms with van der Waals surface area (Å²) in [4.78, 5) is 8.69. The van der Waals surface area contributed by atoms with E-state index in [1.807, 2.05) is 18.2 Å². The minimum atomic E-state index is 0. The number of hydrogen-bond donors (Lipinski definition) is 0. The first-order chi connectivity index (χ1) is 6.77. The minimum absolute atomic E-state index is 0. The van der Waals surface area contributed by atoms with Gasteiger partial charge in [-0.15, -0.1) is 0 Å². The van der Waals surface area contributed by atoms with Crippen LogP contribution in [0.5, 0.6) is 0 Å². The first kappa shape index (κ1) is 19.2. The summed E-state index contributed by atoms with van der Waals surface area (Å²) in [6.07, 6.45) is 1.75. The number of halogens is 2. The summed E-state index contributed by atoms with van der Waals surface area (Å²) in [6.45, 7) is 4.99. The van der Waals surface area contributed by atoms with Crippen LogP contribution in [0.25, 0.3) is 0 Å². The number of nitrogens with zero attached hydrogens (tertiary/aromatic N) is 2. The Kier molecular flexibility index (Phi) is 10.1. The SMILES string of the molecule is CC(C)[C@@H]1COC(c2ccccn2)=N1.[Cl-].[Cl-].[Pt+2]. The number of aromatic nitrogens is 1. The molecule has 3 nitrogen and oxygen atoms in total. The van der Waals surface area contributed by atoms with Gasteiger partial charge < -0.3 is 29.6 Å². The molecule has 0 aromatic carbocycles. The van der Waals surface area contributed by atoms with Crippen LogP contribution in [0.3, 0.4) is 0 Å². The van der Waals surface area contributed by atoms with Crippen LogP contribution in [-0.4, -0.2) is 23.5 Å². The van der Waals surface area contributed by atoms with Gasteiger partial charge in [0.05, 0.1) is 6.04 Å². The van der Waals surface area contributed by atoms with Crippen LogP contribution in [0.1, 0.15) is 19.5 Å². The Labute approximate surface area is 129 Å². The summed E-state index contributed by atoms with van der Waals surface area (Å²) in [5.74, 6) is 1.21. The summed E-state index contributed by atoms with van der Waals surface area (Å²) >= 11 is 0. The molecule has 0 radical (unpaired) electrons. The molecule has 98 valence electrons. The molecule has 0 saturated carbocycles. The van der Waals surface area contributed by atoms with Crippen LogP contribution in [0.2, 0.25) is 0 Å². The number of aliphatic imine (C=N–C) groups is 1. The molecule has 0 spiro atoms. The monoisotopic (exact) mass is 455 g/mol. The maximum atomic E-state index is 5.50. The van der Waals surface area contributed by atoms with E-state index in [1.54, 1.807) is 6.20 Å². The Hall–Kier alpha value is -0.112. The molecule has 0 bridgehead atoms. The molecule has 0 amide bonds. The van der Waals surface area contributed by atoms with Gasteiger partial charge in [-0.1, -0.05) is 19.9 Å². The summed E-state index contributed by atoms with van der Waals surface area (Å²) in [6, 6.07) is 6.03. The van der Waals surface area contributed by atoms with Crippen LogP contribution in [0, 0.1) is 5.92 Å². The first-order valence-corrected chi connectivity index (χ1v) is 4.89. The Balaban J connectivity index is 0. The molecule has 2 heterocycles. The largest absolute Gasteiger partial charge is 2.00 e. The van der Waals surface area contributed by atoms with Gasteiger partial charge in [-0.2, -0.15) is 0 Å². The average molecular weight is 456 g/mol. The van der Waals surface area contributed by atoms with Gasteiger partial charge in [0.15, 0.2) is 0 Å². The van der Waals surface area contributed by atoms with Crippen molar-refractivity contribution in [2.45, 2.75) is 19.9 Å². The third-order valence-corrected chi connectivity index (χ3v) is 2.33. The van der Waals surface area contributed by atoms with Crippen LogP contribution >= 0.6 is 0 Å². The van der Waals surface area contributed by atoms with E-state index in [4.69, 9.17) is 4.74 Å². The van der Waals surface area contributed by atoms with Gasteiger partial charge in [-0.25, -0.2) is 4.99 Å². The molecule has 1 aromatic rings. The Morgan fingerprint density at radius 1 is 1.29 bits per heavy atom. The van der Waals surface area contributed by atoms with Crippen molar-refractivity contribution in [1.82, 2.24) is 4.98 Å². The summed E-state index contributed by atoms with van der Waals surface area (Å²) in [7, 11) is 0. The Morgan fingerprint density at radius 2 is 2.00 bits per heavy atom. The van der Waals surface area contributed by atoms with E-state index in [1.165, 1.54) is 0 Å². The molecule has 2 rings (SSSR count). The van der Waals surface area contributed by atoms with Crippen molar-refractivity contribution in [2.24, 2.45) is 10.9 Å². The maximum Gasteiger partial charge on any atom is 2.00 e. The van der Waals surface area contributed by atoms with E-state index in [2.05, 4.69) is 23.8 Å². The molecule has 1 aliphatic rings. The second kappa shape index (κ2) is 8.90. The number of ether oxygens (including phenoxy) is 1. The molecule has 0 aliphatic carbocycles. The standard InChI is InChI=1S/C11H14N2O.2ClH.Pt/c1-8(2)10-7-14-11(13-10)9-5-3-4-6-12-9;;;/h3-6,8,10H,7H2,1-2H3;2*1H;/q;;;+2/p-2/t10-;;;/m0.../s1. The van der Waals surface area contributed by atoms with E-state index < -0.39 is 0 Å². The zero-order valence-electron chi connectivity index (χ0n) is 9.55. The predicted octanol–water partition coefficient (Wildman–Crippen LogP) is -4.11. The molecule has 1 aromatic heterocycles. The van der Waals surface area contributed by atoms with Crippen LogP contribution in [0.4, 0.5) is 0 Å². The molecular weight excluding hydrogens is 442 g/mol. The van der Waals surface area contributed by atoms with Crippen LogP contribution in [-0.2, 0) is 25.8 Å². The van der Waals surface area contributed by atoms with Gasteiger partial charge >= 0.3 is 21.1 Å². The fraction of sp³-hybridized carbons (Fsp3) is 0.455. The molecular formula is C11H14Cl2N2OPt. The van der Waals surface area contributed by atoms with Gasteiger partial charge in [0.1, 0.15) is 12.3 Å². The van der Waals surface area contributed by atoms with Crippen LogP contribution in [0.15, 0.2) is 29.4 Å². The summed E-state index contributed by atoms with van der Waals surface area (Å²) in [5, 5.41) is 0. The van der Waals surface area contributed by atoms with Crippen molar-refractivity contribution in [3.8, 4) is 0 Å². The molecule has 0 N–H and O–H groups in total. The predicted molar refractivity (Wildman–Crippen MR) is 55.4 cm³/mol. The number of rotatable bonds is 2. The average Bonchev–Trinajstić information content (AvgIpc) is 2.68. The summed E-state index contributed by atoms with van der Waals surface area (Å²) < 4.78 is 5.50. The zero-order chi connectivity index (χ0) is 9.97. The normalized spacial score (nSPS) is 17.1. The molecule has 17 heavy (non-hydrogen) atoms. The van der Waals surface area contributed by atoms with Crippen molar-refractivity contribution in [1.29, 1.82) is 0 Å². The van der Waals surface area contributed by atoms with Gasteiger partial charge in [0.25, 0.3) is 0 Å². The molecule has 1 aliphatic heterocycles. The molecule has 6 heteroatoms. The van der Waals surface area contributed by atoms with Crippen molar-refractivity contribution < 1.29 is 50.6 Å². The summed E-state index contributed by atoms with van der Waals surface area (Å²) in [5.41, 5.74) is 0.829. The van der Waals surface area contributed by atoms with E-state index in [0.717, 1.165) is 5.69 Å². The number of hydrogen-bond acceptors (Lipinski definition) is 3. The van der Waals surface area contributed by atoms with E-state index >= 15 is 0 Å². The fourth-order valence-corrected chi connectivity index (χ4v) is 1.36. The van der Waals surface area contributed by atoms with E-state index in [9.17, 15) is 0 Å². The smallest absolute Gasteiger partial charge is 1.00 e. The third-order valence-electron chi connectivity index (χ3n) is 2.33. The van der Waals surface area contributed by atoms with Gasteiger partial charge in [-0.3, -0.25) is 4.98 Å². The quantitative estimate of drug-likeness (QED) is 0.454. The van der Waals surface area contributed by atoms with E-state index in [-0.39, 0.29) is 51.9 Å². The number of pyridine rings is 1. The van der Waals surface area contributed by atoms with Gasteiger partial charge in [0, 0.05) is 6.20 Å². The second-order valence-corrected chi connectivity index (χ2v) is 3.77.